The number of carbonyl (C=O) groups excluding carboxylic acids is 2. The van der Waals surface area contributed by atoms with E-state index in [1.165, 1.54) is 30.2 Å². The molecule has 0 saturated heterocycles. The van der Waals surface area contributed by atoms with Crippen LogP contribution in [-0.2, 0) is 9.59 Å². The summed E-state index contributed by atoms with van der Waals surface area (Å²) in [7, 11) is 1.51. The maximum Gasteiger partial charge on any atom is 0.234 e. The number of aromatic nitrogens is 2. The minimum atomic E-state index is -0.748. The topological polar surface area (TPSA) is 134 Å². The molecule has 1 aromatic heterocycles. The van der Waals surface area contributed by atoms with E-state index in [-0.39, 0.29) is 33.9 Å². The van der Waals surface area contributed by atoms with Crippen molar-refractivity contribution in [1.82, 2.24) is 10.2 Å². The Bertz CT molecular complexity index is 1670. The Morgan fingerprint density at radius 3 is 2.78 bits per heavy atom. The molecule has 0 fully saturated rings. The first-order valence-corrected chi connectivity index (χ1v) is 15.2. The number of amides is 1. The van der Waals surface area contributed by atoms with E-state index >= 15 is 0 Å². The fourth-order valence-corrected chi connectivity index (χ4v) is 7.13. The molecule has 1 aliphatic carbocycles. The lowest BCUT2D eigenvalue weighted by molar-refractivity contribution is -0.116. The van der Waals surface area contributed by atoms with Gasteiger partial charge in [-0.25, -0.2) is 0 Å². The lowest BCUT2D eigenvalue weighted by Crippen LogP contribution is -2.38. The van der Waals surface area contributed by atoms with Crippen molar-refractivity contribution in [3.8, 4) is 11.8 Å². The van der Waals surface area contributed by atoms with Crippen molar-refractivity contribution in [3.05, 3.63) is 79.7 Å². The molecule has 14 heteroatoms. The molecule has 2 aromatic carbocycles. The van der Waals surface area contributed by atoms with Crippen LogP contribution in [-0.4, -0.2) is 34.8 Å². The molecule has 3 aromatic rings. The number of halogens is 3. The SMILES string of the molecule is COc1ccc(NC(=O)CSc2nnc(N3C(N)=C(C#N)C(c4cccc(Cl)c4Cl)C4=C3CCCC4=O)s2)cc1Cl. The smallest absolute Gasteiger partial charge is 0.234 e. The van der Waals surface area contributed by atoms with E-state index in [2.05, 4.69) is 21.6 Å². The first kappa shape index (κ1) is 29.2. The van der Waals surface area contributed by atoms with Crippen molar-refractivity contribution in [2.24, 2.45) is 5.73 Å². The van der Waals surface area contributed by atoms with E-state index in [0.29, 0.717) is 67.0 Å². The Balaban J connectivity index is 1.41. The minimum Gasteiger partial charge on any atom is -0.495 e. The number of ketones is 1. The lowest BCUT2D eigenvalue weighted by Gasteiger charge is -2.38. The Hall–Kier alpha value is -3.27. The van der Waals surface area contributed by atoms with Crippen LogP contribution in [0.25, 0.3) is 0 Å². The summed E-state index contributed by atoms with van der Waals surface area (Å²) in [6.45, 7) is 0. The maximum atomic E-state index is 13.3. The average Bonchev–Trinajstić information content (AvgIpc) is 3.41. The van der Waals surface area contributed by atoms with Crippen molar-refractivity contribution in [1.29, 1.82) is 5.26 Å². The fourth-order valence-electron chi connectivity index (χ4n) is 4.78. The van der Waals surface area contributed by atoms with Crippen LogP contribution in [0.5, 0.6) is 5.75 Å². The van der Waals surface area contributed by atoms with Gasteiger partial charge < -0.3 is 15.8 Å². The summed E-state index contributed by atoms with van der Waals surface area (Å²) in [5.74, 6) is -0.389. The van der Waals surface area contributed by atoms with Crippen LogP contribution in [0.4, 0.5) is 10.8 Å². The van der Waals surface area contributed by atoms with E-state index in [1.807, 2.05) is 0 Å². The van der Waals surface area contributed by atoms with Crippen LogP contribution in [0, 0.1) is 11.3 Å². The quantitative estimate of drug-likeness (QED) is 0.274. The van der Waals surface area contributed by atoms with Gasteiger partial charge in [-0.3, -0.25) is 14.5 Å². The van der Waals surface area contributed by atoms with Gasteiger partial charge in [-0.2, -0.15) is 5.26 Å². The van der Waals surface area contributed by atoms with Crippen molar-refractivity contribution >= 4 is 80.4 Å². The van der Waals surface area contributed by atoms with Gasteiger partial charge in [0.1, 0.15) is 11.6 Å². The van der Waals surface area contributed by atoms with E-state index in [0.717, 1.165) is 0 Å². The molecule has 2 heterocycles. The monoisotopic (exact) mass is 646 g/mol. The Kier molecular flexibility index (Phi) is 8.77. The highest BCUT2D eigenvalue weighted by Crippen LogP contribution is 2.49. The number of nitriles is 1. The molecular formula is C27H21Cl3N6O3S2. The zero-order valence-electron chi connectivity index (χ0n) is 21.4. The van der Waals surface area contributed by atoms with Gasteiger partial charge in [-0.15, -0.1) is 10.2 Å². The summed E-state index contributed by atoms with van der Waals surface area (Å²) in [5.41, 5.74) is 8.94. The number of anilines is 2. The van der Waals surface area contributed by atoms with Crippen molar-refractivity contribution < 1.29 is 14.3 Å². The van der Waals surface area contributed by atoms with Crippen LogP contribution < -0.4 is 20.7 Å². The van der Waals surface area contributed by atoms with Gasteiger partial charge in [0.25, 0.3) is 0 Å². The predicted molar refractivity (Wildman–Crippen MR) is 162 cm³/mol. The summed E-state index contributed by atoms with van der Waals surface area (Å²) in [6, 6.07) is 12.3. The zero-order chi connectivity index (χ0) is 29.3. The highest BCUT2D eigenvalue weighted by Gasteiger charge is 2.42. The third kappa shape index (κ3) is 5.76. The summed E-state index contributed by atoms with van der Waals surface area (Å²) in [5, 5.41) is 22.8. The number of ether oxygens (including phenoxy) is 1. The second-order valence-corrected chi connectivity index (χ2v) is 12.4. The lowest BCUT2D eigenvalue weighted by atomic mass is 9.76. The van der Waals surface area contributed by atoms with Gasteiger partial charge in [0, 0.05) is 23.4 Å². The third-order valence-corrected chi connectivity index (χ3v) is 9.73. The third-order valence-electron chi connectivity index (χ3n) is 6.56. The molecule has 3 N–H and O–H groups in total. The van der Waals surface area contributed by atoms with E-state index in [9.17, 15) is 14.9 Å². The second-order valence-electron chi connectivity index (χ2n) is 9.00. The number of thioether (sulfide) groups is 1. The first-order valence-electron chi connectivity index (χ1n) is 12.2. The number of nitrogens with two attached hydrogens (primary N) is 1. The second kappa shape index (κ2) is 12.3. The zero-order valence-corrected chi connectivity index (χ0v) is 25.3. The molecule has 210 valence electrons. The van der Waals surface area contributed by atoms with Gasteiger partial charge in [0.05, 0.1) is 45.5 Å². The number of carbonyl (C=O) groups is 2. The Morgan fingerprint density at radius 1 is 1.24 bits per heavy atom. The molecule has 1 atom stereocenters. The van der Waals surface area contributed by atoms with E-state index in [1.54, 1.807) is 41.3 Å². The summed E-state index contributed by atoms with van der Waals surface area (Å²) < 4.78 is 5.64. The number of nitrogens with zero attached hydrogens (tertiary/aromatic N) is 4. The van der Waals surface area contributed by atoms with Gasteiger partial charge in [-0.1, -0.05) is 70.0 Å². The minimum absolute atomic E-state index is 0.0643. The summed E-state index contributed by atoms with van der Waals surface area (Å²) >= 11 is 21.4. The normalized spacial score (nSPS) is 16.9. The highest BCUT2D eigenvalue weighted by atomic mass is 35.5. The molecule has 0 radical (unpaired) electrons. The van der Waals surface area contributed by atoms with Gasteiger partial charge >= 0.3 is 0 Å². The molecule has 41 heavy (non-hydrogen) atoms. The molecule has 0 spiro atoms. The number of Topliss-reactive ketones (excluding diaryl/α,β-unsaturated/α-hetero) is 1. The van der Waals surface area contributed by atoms with Crippen LogP contribution >= 0.6 is 57.9 Å². The molecular weight excluding hydrogens is 627 g/mol. The number of hydrogen-bond donors (Lipinski definition) is 2. The van der Waals surface area contributed by atoms with Crippen LogP contribution in [0.3, 0.4) is 0 Å². The van der Waals surface area contributed by atoms with Gasteiger partial charge in [0.15, 0.2) is 10.1 Å². The van der Waals surface area contributed by atoms with Crippen molar-refractivity contribution in [2.75, 3.05) is 23.1 Å². The van der Waals surface area contributed by atoms with Crippen LogP contribution in [0.2, 0.25) is 15.1 Å². The molecule has 1 amide bonds. The van der Waals surface area contributed by atoms with E-state index < -0.39 is 5.92 Å². The van der Waals surface area contributed by atoms with E-state index in [4.69, 9.17) is 45.3 Å². The molecule has 2 aliphatic rings. The Morgan fingerprint density at radius 2 is 2.05 bits per heavy atom. The number of hydrogen-bond acceptors (Lipinski definition) is 10. The predicted octanol–water partition coefficient (Wildman–Crippen LogP) is 6.54. The maximum absolute atomic E-state index is 13.3. The van der Waals surface area contributed by atoms with Crippen LogP contribution in [0.15, 0.2) is 63.4 Å². The number of allylic oxidation sites excluding steroid dienone is 3. The molecule has 1 unspecified atom stereocenters. The van der Waals surface area contributed by atoms with Crippen molar-refractivity contribution in [3.63, 3.8) is 0 Å². The highest BCUT2D eigenvalue weighted by molar-refractivity contribution is 8.01. The average molecular weight is 648 g/mol. The first-order chi connectivity index (χ1) is 19.7. The Labute approximate surface area is 258 Å². The number of rotatable bonds is 7. The number of methoxy groups -OCH3 is 1. The van der Waals surface area contributed by atoms with Crippen LogP contribution in [0.1, 0.15) is 30.7 Å². The van der Waals surface area contributed by atoms with Gasteiger partial charge in [-0.05, 0) is 42.7 Å². The summed E-state index contributed by atoms with van der Waals surface area (Å²) in [6.07, 6.45) is 1.51. The fraction of sp³-hybridized carbons (Fsp3) is 0.222. The molecule has 9 nitrogen and oxygen atoms in total. The molecule has 1 aliphatic heterocycles. The largest absolute Gasteiger partial charge is 0.495 e. The standard InChI is InChI=1S/C27H21Cl3N6O3S2/c1-39-20-9-8-13(10-17(20)29)33-21(38)12-40-27-35-34-26(41-27)36-18-6-3-7-19(37)23(18)22(15(11-31)25(36)32)14-4-2-5-16(28)24(14)30/h2,4-5,8-10,22H,3,6-7,12,32H2,1H3,(H,33,38). The summed E-state index contributed by atoms with van der Waals surface area (Å²) in [4.78, 5) is 27.5. The molecule has 5 rings (SSSR count). The number of benzene rings is 2. The molecule has 0 saturated carbocycles. The molecule has 0 bridgehead atoms. The van der Waals surface area contributed by atoms with Crippen molar-refractivity contribution in [2.45, 2.75) is 29.5 Å². The number of nitrogens with one attached hydrogen (secondary N) is 1. The van der Waals surface area contributed by atoms with Gasteiger partial charge in [0.2, 0.25) is 11.0 Å².